The van der Waals surface area contributed by atoms with Crippen molar-refractivity contribution in [3.63, 3.8) is 0 Å². The second kappa shape index (κ2) is 13.8. The zero-order chi connectivity index (χ0) is 35.1. The van der Waals surface area contributed by atoms with Crippen LogP contribution in [0, 0.1) is 25.2 Å². The minimum Gasteiger partial charge on any atom is -0.435 e. The van der Waals surface area contributed by atoms with Gasteiger partial charge >= 0.3 is 0 Å². The van der Waals surface area contributed by atoms with Gasteiger partial charge in [-0.1, -0.05) is 30.4 Å². The number of fused-ring (bicyclic) bond motifs is 2. The van der Waals surface area contributed by atoms with Crippen LogP contribution in [0.15, 0.2) is 70.8 Å². The molecule has 0 radical (unpaired) electrons. The smallest absolute Gasteiger partial charge is 0.223 e. The highest BCUT2D eigenvalue weighted by Crippen LogP contribution is 2.39. The van der Waals surface area contributed by atoms with Crippen molar-refractivity contribution in [2.24, 2.45) is 0 Å². The van der Waals surface area contributed by atoms with Gasteiger partial charge < -0.3 is 14.8 Å². The number of aryl methyl sites for hydroxylation is 1. The standard InChI is InChI=1S/C41H42N8O2/c1-25-32(9-4-5-10-34(25)41-47-37-18-28(22-48-14-6-7-15-48)17-30(20-42)39(37)51-41)33-11-8-12-35(26(33)2)46-40-38-36(44-27(3)45-40)19-29(21-43-38)23-49-16-13-31(50)24-49/h4-5,8-9,11-12,17-19,21,31,50H,6-7,10,13-16,22-24H2,1-3H3,(H,44,45,46). The van der Waals surface area contributed by atoms with Crippen LogP contribution in [0.3, 0.4) is 0 Å². The molecule has 1 unspecified atom stereocenters. The number of nitrogens with one attached hydrogen (secondary N) is 1. The SMILES string of the molecule is CC1=C(c2nc3cc(CN4CCCC4)cc(C#N)c3o2)CC=CC=C1c1cccc(Nc2nc(C)nc3cc(CN4CCC(O)C4)cnc23)c1C. The van der Waals surface area contributed by atoms with Gasteiger partial charge in [0.05, 0.1) is 17.2 Å². The number of pyridine rings is 1. The number of hydrogen-bond donors (Lipinski definition) is 2. The summed E-state index contributed by atoms with van der Waals surface area (Å²) in [5.74, 6) is 1.87. The van der Waals surface area contributed by atoms with Crippen molar-refractivity contribution < 1.29 is 9.52 Å². The maximum absolute atomic E-state index is 10.0. The second-order valence-electron chi connectivity index (χ2n) is 14.0. The van der Waals surface area contributed by atoms with Crippen molar-refractivity contribution >= 4 is 44.8 Å². The molecule has 0 amide bonds. The Morgan fingerprint density at radius 2 is 1.80 bits per heavy atom. The Kier molecular flexibility index (Phi) is 8.94. The number of allylic oxidation sites excluding steroid dienone is 6. The Balaban J connectivity index is 1.10. The number of oxazole rings is 1. The molecule has 3 aromatic heterocycles. The number of aromatic nitrogens is 4. The Labute approximate surface area is 297 Å². The van der Waals surface area contributed by atoms with E-state index in [1.807, 2.05) is 19.2 Å². The lowest BCUT2D eigenvalue weighted by atomic mass is 9.91. The number of nitrogens with zero attached hydrogens (tertiary/aromatic N) is 7. The van der Waals surface area contributed by atoms with Crippen molar-refractivity contribution in [3.8, 4) is 6.07 Å². The Morgan fingerprint density at radius 1 is 0.980 bits per heavy atom. The summed E-state index contributed by atoms with van der Waals surface area (Å²) in [5, 5.41) is 23.6. The van der Waals surface area contributed by atoms with Crippen LogP contribution in [0.5, 0.6) is 0 Å². The van der Waals surface area contributed by atoms with Gasteiger partial charge in [0.2, 0.25) is 5.89 Å². The molecule has 51 heavy (non-hydrogen) atoms. The first-order valence-electron chi connectivity index (χ1n) is 17.9. The van der Waals surface area contributed by atoms with Crippen molar-refractivity contribution in [1.82, 2.24) is 29.7 Å². The molecule has 5 heterocycles. The third-order valence-corrected chi connectivity index (χ3v) is 10.3. The fourth-order valence-corrected chi connectivity index (χ4v) is 7.68. The summed E-state index contributed by atoms with van der Waals surface area (Å²) < 4.78 is 6.39. The van der Waals surface area contributed by atoms with Crippen molar-refractivity contribution in [2.45, 2.75) is 65.6 Å². The first kappa shape index (κ1) is 33.0. The molecule has 0 saturated carbocycles. The van der Waals surface area contributed by atoms with Crippen LogP contribution in [-0.2, 0) is 13.1 Å². The van der Waals surface area contributed by atoms with E-state index in [0.717, 1.165) is 94.8 Å². The Bertz CT molecular complexity index is 2290. The van der Waals surface area contributed by atoms with E-state index in [-0.39, 0.29) is 6.10 Å². The molecule has 0 bridgehead atoms. The van der Waals surface area contributed by atoms with E-state index in [9.17, 15) is 10.4 Å². The van der Waals surface area contributed by atoms with Gasteiger partial charge in [-0.3, -0.25) is 14.8 Å². The van der Waals surface area contributed by atoms with Crippen molar-refractivity contribution in [1.29, 1.82) is 5.26 Å². The number of benzene rings is 2. The fraction of sp³-hybridized carbons (Fsp3) is 0.341. The summed E-state index contributed by atoms with van der Waals surface area (Å²) in [4.78, 5) is 23.9. The highest BCUT2D eigenvalue weighted by atomic mass is 16.3. The molecule has 2 aliphatic heterocycles. The van der Waals surface area contributed by atoms with E-state index in [1.54, 1.807) is 0 Å². The van der Waals surface area contributed by atoms with Gasteiger partial charge in [-0.25, -0.2) is 15.0 Å². The molecule has 2 fully saturated rings. The van der Waals surface area contributed by atoms with E-state index >= 15 is 0 Å². The second-order valence-corrected chi connectivity index (χ2v) is 14.0. The first-order valence-corrected chi connectivity index (χ1v) is 17.9. The summed E-state index contributed by atoms with van der Waals surface area (Å²) in [5.41, 5.74) is 11.7. The number of β-amino-alcohol motifs (C(OH)–C–C–N with tert-alkyl or cyclic N) is 1. The van der Waals surface area contributed by atoms with Crippen LogP contribution in [0.25, 0.3) is 33.3 Å². The molecule has 2 aromatic carbocycles. The van der Waals surface area contributed by atoms with Crippen LogP contribution >= 0.6 is 0 Å². The molecule has 2 saturated heterocycles. The number of nitriles is 1. The van der Waals surface area contributed by atoms with Crippen LogP contribution < -0.4 is 5.32 Å². The van der Waals surface area contributed by atoms with Crippen LogP contribution in [0.2, 0.25) is 0 Å². The van der Waals surface area contributed by atoms with Crippen molar-refractivity contribution in [3.05, 3.63) is 106 Å². The molecule has 2 N–H and O–H groups in total. The van der Waals surface area contributed by atoms with Crippen LogP contribution in [0.4, 0.5) is 11.5 Å². The quantitative estimate of drug-likeness (QED) is 0.172. The van der Waals surface area contributed by atoms with Gasteiger partial charge in [-0.2, -0.15) is 5.26 Å². The Morgan fingerprint density at radius 3 is 2.61 bits per heavy atom. The van der Waals surface area contributed by atoms with Gasteiger partial charge in [0.15, 0.2) is 11.4 Å². The molecule has 5 aromatic rings. The molecule has 8 rings (SSSR count). The fourth-order valence-electron chi connectivity index (χ4n) is 7.68. The molecule has 10 nitrogen and oxygen atoms in total. The minimum absolute atomic E-state index is 0.258. The van der Waals surface area contributed by atoms with Crippen molar-refractivity contribution in [2.75, 3.05) is 31.5 Å². The first-order chi connectivity index (χ1) is 24.8. The monoisotopic (exact) mass is 678 g/mol. The average molecular weight is 679 g/mol. The molecule has 0 spiro atoms. The third kappa shape index (κ3) is 6.68. The maximum Gasteiger partial charge on any atom is 0.223 e. The molecule has 3 aliphatic rings. The van der Waals surface area contributed by atoms with E-state index in [1.165, 1.54) is 12.8 Å². The summed E-state index contributed by atoms with van der Waals surface area (Å²) in [7, 11) is 0. The lowest BCUT2D eigenvalue weighted by molar-refractivity contribution is 0.175. The zero-order valence-corrected chi connectivity index (χ0v) is 29.4. The normalized spacial score (nSPS) is 18.5. The van der Waals surface area contributed by atoms with Gasteiger partial charge in [-0.05, 0) is 117 Å². The van der Waals surface area contributed by atoms with Crippen LogP contribution in [0.1, 0.15) is 72.1 Å². The lowest BCUT2D eigenvalue weighted by Gasteiger charge is -2.18. The van der Waals surface area contributed by atoms with Gasteiger partial charge in [-0.15, -0.1) is 0 Å². The van der Waals surface area contributed by atoms with E-state index in [0.29, 0.717) is 47.2 Å². The molecular formula is C41H42N8O2. The number of likely N-dealkylation sites (tertiary alicyclic amines) is 2. The molecule has 10 heteroatoms. The zero-order valence-electron chi connectivity index (χ0n) is 29.4. The largest absolute Gasteiger partial charge is 0.435 e. The highest BCUT2D eigenvalue weighted by Gasteiger charge is 2.23. The molecule has 1 aliphatic carbocycles. The minimum atomic E-state index is -0.258. The number of rotatable bonds is 8. The van der Waals surface area contributed by atoms with E-state index < -0.39 is 0 Å². The Hall–Kier alpha value is -5.21. The number of hydrogen-bond acceptors (Lipinski definition) is 10. The summed E-state index contributed by atoms with van der Waals surface area (Å²) >= 11 is 0. The van der Waals surface area contributed by atoms with Gasteiger partial charge in [0.25, 0.3) is 0 Å². The molecule has 1 atom stereocenters. The summed E-state index contributed by atoms with van der Waals surface area (Å²) in [6, 6.07) is 14.7. The predicted octanol–water partition coefficient (Wildman–Crippen LogP) is 7.38. The maximum atomic E-state index is 10.0. The summed E-state index contributed by atoms with van der Waals surface area (Å²) in [6.07, 6.45) is 11.9. The van der Waals surface area contributed by atoms with E-state index in [4.69, 9.17) is 24.4 Å². The highest BCUT2D eigenvalue weighted by molar-refractivity contribution is 5.94. The third-order valence-electron chi connectivity index (χ3n) is 10.3. The molecule has 258 valence electrons. The number of aliphatic hydroxyl groups is 1. The number of anilines is 2. The average Bonchev–Trinajstić information content (AvgIpc) is 3.86. The summed E-state index contributed by atoms with van der Waals surface area (Å²) in [6.45, 7) is 11.4. The van der Waals surface area contributed by atoms with Crippen LogP contribution in [-0.4, -0.2) is 67.1 Å². The van der Waals surface area contributed by atoms with E-state index in [2.05, 4.69) is 83.6 Å². The predicted molar refractivity (Wildman–Crippen MR) is 200 cm³/mol. The molecular weight excluding hydrogens is 637 g/mol. The topological polar surface area (TPSA) is 127 Å². The lowest BCUT2D eigenvalue weighted by Crippen LogP contribution is -2.21. The van der Waals surface area contributed by atoms with Gasteiger partial charge in [0.1, 0.15) is 22.9 Å². The number of aliphatic hydroxyl groups excluding tert-OH is 1. The van der Waals surface area contributed by atoms with Gasteiger partial charge in [0, 0.05) is 43.6 Å².